The summed E-state index contributed by atoms with van der Waals surface area (Å²) in [5, 5.41) is 7.05. The summed E-state index contributed by atoms with van der Waals surface area (Å²) in [7, 11) is -7.06. The zero-order valence-corrected chi connectivity index (χ0v) is 25.4. The van der Waals surface area contributed by atoms with Crippen LogP contribution in [0.4, 0.5) is 14.7 Å². The number of fused-ring (bicyclic) bond motifs is 2. The second kappa shape index (κ2) is 11.9. The van der Waals surface area contributed by atoms with Crippen LogP contribution in [0.25, 0.3) is 22.1 Å². The molecule has 0 aliphatic carbocycles. The monoisotopic (exact) mass is 663 g/mol. The number of nitrogens with zero attached hydrogens (tertiary/aromatic N) is 8. The highest BCUT2D eigenvalue weighted by atomic mass is 32.2. The molecule has 15 nitrogen and oxygen atoms in total. The molecule has 238 valence electrons. The summed E-state index contributed by atoms with van der Waals surface area (Å²) in [5.41, 5.74) is -0.192. The lowest BCUT2D eigenvalue weighted by atomic mass is 10.1. The largest absolute Gasteiger partial charge is 0.441 e. The number of halogens is 2. The van der Waals surface area contributed by atoms with Gasteiger partial charge in [-0.2, -0.15) is 4.98 Å². The number of rotatable bonds is 10. The number of aromatic nitrogens is 7. The molecule has 1 aliphatic rings. The highest BCUT2D eigenvalue weighted by Crippen LogP contribution is 2.24. The lowest BCUT2D eigenvalue weighted by molar-refractivity contribution is 0.149. The molecular weight excluding hydrogens is 636 g/mol. The number of hydrogen-bond acceptors (Lipinski definition) is 12. The van der Waals surface area contributed by atoms with Gasteiger partial charge in [-0.15, -0.1) is 9.19 Å². The van der Waals surface area contributed by atoms with Crippen molar-refractivity contribution in [3.05, 3.63) is 70.5 Å². The molecule has 6 rings (SSSR count). The minimum atomic E-state index is -3.76. The van der Waals surface area contributed by atoms with Crippen LogP contribution in [0.1, 0.15) is 36.3 Å². The fourth-order valence-electron chi connectivity index (χ4n) is 5.12. The van der Waals surface area contributed by atoms with Crippen molar-refractivity contribution >= 4 is 48.1 Å². The van der Waals surface area contributed by atoms with Gasteiger partial charge in [0.05, 0.1) is 24.1 Å². The Hall–Kier alpha value is -4.36. The number of nitrogens with one attached hydrogen (secondary N) is 1. The average Bonchev–Trinajstić information content (AvgIpc) is 3.68. The van der Waals surface area contributed by atoms with Gasteiger partial charge in [-0.3, -0.25) is 9.36 Å². The van der Waals surface area contributed by atoms with Crippen molar-refractivity contribution in [3.8, 4) is 0 Å². The lowest BCUT2D eigenvalue weighted by Crippen LogP contribution is -2.42. The molecule has 4 aromatic heterocycles. The number of benzene rings is 1. The highest BCUT2D eigenvalue weighted by molar-refractivity contribution is 7.89. The molecule has 0 saturated carbocycles. The van der Waals surface area contributed by atoms with Crippen LogP contribution in [0.2, 0.25) is 0 Å². The van der Waals surface area contributed by atoms with Gasteiger partial charge in [-0.1, -0.05) is 6.07 Å². The first kappa shape index (κ1) is 30.7. The third-order valence-electron chi connectivity index (χ3n) is 7.44. The molecule has 1 N–H and O–H groups in total. The molecule has 0 amide bonds. The zero-order valence-electron chi connectivity index (χ0n) is 23.7. The minimum Gasteiger partial charge on any atom is -0.441 e. The predicted molar refractivity (Wildman–Crippen MR) is 158 cm³/mol. The van der Waals surface area contributed by atoms with Gasteiger partial charge in [-0.05, 0) is 36.6 Å². The molecule has 0 spiro atoms. The van der Waals surface area contributed by atoms with E-state index in [0.717, 1.165) is 33.6 Å². The maximum atomic E-state index is 13.8. The first-order valence-corrected chi connectivity index (χ1v) is 17.2. The Balaban J connectivity index is 1.26. The van der Waals surface area contributed by atoms with Crippen LogP contribution in [0.5, 0.6) is 0 Å². The molecule has 1 aliphatic heterocycles. The number of aryl methyl sites for hydroxylation is 1. The molecule has 0 atom stereocenters. The summed E-state index contributed by atoms with van der Waals surface area (Å²) in [4.78, 5) is 29.9. The van der Waals surface area contributed by atoms with E-state index in [-0.39, 0.29) is 47.6 Å². The summed E-state index contributed by atoms with van der Waals surface area (Å²) in [5.74, 6) is 0.0125. The van der Waals surface area contributed by atoms with E-state index in [1.165, 1.54) is 10.5 Å². The minimum absolute atomic E-state index is 0.0350. The van der Waals surface area contributed by atoms with Crippen LogP contribution >= 0.6 is 0 Å². The number of sulfonamides is 1. The Labute approximate surface area is 255 Å². The molecule has 5 aromatic rings. The summed E-state index contributed by atoms with van der Waals surface area (Å²) in [6.45, 7) is 0.526. The maximum absolute atomic E-state index is 13.8. The van der Waals surface area contributed by atoms with E-state index in [9.17, 15) is 30.4 Å². The SMILES string of the molecule is CS(=O)(=O)N1CCC(Nc2ncc3cc(C(F)F)c(=O)n(Cc4ccc5nc(CCS(=O)(=O)n6cncn6)oc5c4)c3n2)CC1. The van der Waals surface area contributed by atoms with Gasteiger partial charge in [0.2, 0.25) is 16.0 Å². The van der Waals surface area contributed by atoms with Crippen molar-refractivity contribution in [1.29, 1.82) is 0 Å². The fraction of sp³-hybridized carbons (Fsp3) is 0.385. The Morgan fingerprint density at radius 1 is 1.11 bits per heavy atom. The van der Waals surface area contributed by atoms with Crippen molar-refractivity contribution in [2.24, 2.45) is 0 Å². The molecule has 45 heavy (non-hydrogen) atoms. The zero-order chi connectivity index (χ0) is 31.9. The Bertz CT molecular complexity index is 2140. The molecule has 0 bridgehead atoms. The molecular formula is C26H27F2N9O6S2. The molecule has 0 radical (unpaired) electrons. The van der Waals surface area contributed by atoms with Gasteiger partial charge >= 0.3 is 0 Å². The normalized spacial score (nSPS) is 15.4. The van der Waals surface area contributed by atoms with Gasteiger partial charge < -0.3 is 9.73 Å². The van der Waals surface area contributed by atoms with Gasteiger partial charge in [0.25, 0.3) is 22.0 Å². The summed E-state index contributed by atoms with van der Waals surface area (Å²) in [6, 6.07) is 5.83. The van der Waals surface area contributed by atoms with E-state index in [1.807, 2.05) is 0 Å². The van der Waals surface area contributed by atoms with Crippen molar-refractivity contribution in [3.63, 3.8) is 0 Å². The number of alkyl halides is 2. The van der Waals surface area contributed by atoms with Gasteiger partial charge in [0.1, 0.15) is 23.8 Å². The van der Waals surface area contributed by atoms with E-state index >= 15 is 0 Å². The van der Waals surface area contributed by atoms with E-state index in [0.29, 0.717) is 42.6 Å². The fourth-order valence-corrected chi connectivity index (χ4v) is 7.00. The summed E-state index contributed by atoms with van der Waals surface area (Å²) in [6.07, 6.45) is 2.67. The first-order chi connectivity index (χ1) is 21.4. The van der Waals surface area contributed by atoms with E-state index in [4.69, 9.17) is 4.42 Å². The summed E-state index contributed by atoms with van der Waals surface area (Å²) < 4.78 is 85.2. The molecule has 0 unspecified atom stereocenters. The van der Waals surface area contributed by atoms with E-state index in [2.05, 4.69) is 30.4 Å². The van der Waals surface area contributed by atoms with Crippen molar-refractivity contribution < 1.29 is 30.0 Å². The van der Waals surface area contributed by atoms with Crippen molar-refractivity contribution in [2.75, 3.05) is 30.4 Å². The van der Waals surface area contributed by atoms with Crippen LogP contribution in [-0.2, 0) is 33.0 Å². The molecule has 19 heteroatoms. The third kappa shape index (κ3) is 6.54. The Kier molecular flexibility index (Phi) is 8.08. The number of piperidine rings is 1. The van der Waals surface area contributed by atoms with Gasteiger partial charge in [0.15, 0.2) is 11.5 Å². The molecule has 5 heterocycles. The standard InChI is InChI=1S/C26H27F2N9O6S2/c1-44(39,40)35-7-4-18(5-8-35)32-26-30-12-17-11-19(23(27)28)25(38)36(24(17)34-26)13-16-2-3-20-21(10-16)43-22(33-20)6-9-45(41,42)37-15-29-14-31-37/h2-3,10-12,14-15,18,23H,4-9,13H2,1H3,(H,30,32,34). The Morgan fingerprint density at radius 3 is 2.58 bits per heavy atom. The van der Waals surface area contributed by atoms with Crippen LogP contribution < -0.4 is 10.9 Å². The average molecular weight is 664 g/mol. The lowest BCUT2D eigenvalue weighted by Gasteiger charge is -2.30. The van der Waals surface area contributed by atoms with Gasteiger partial charge in [0, 0.05) is 37.1 Å². The predicted octanol–water partition coefficient (Wildman–Crippen LogP) is 1.77. The van der Waals surface area contributed by atoms with Crippen molar-refractivity contribution in [1.82, 2.24) is 38.0 Å². The van der Waals surface area contributed by atoms with Gasteiger partial charge in [-0.25, -0.2) is 44.9 Å². The second-order valence-corrected chi connectivity index (χ2v) is 14.5. The third-order valence-corrected chi connectivity index (χ3v) is 10.2. The summed E-state index contributed by atoms with van der Waals surface area (Å²) >= 11 is 0. The molecule has 1 saturated heterocycles. The maximum Gasteiger partial charge on any atom is 0.269 e. The number of oxazole rings is 1. The Morgan fingerprint density at radius 2 is 1.89 bits per heavy atom. The van der Waals surface area contributed by atoms with Crippen LogP contribution in [0.15, 0.2) is 52.3 Å². The molecule has 1 aromatic carbocycles. The van der Waals surface area contributed by atoms with Crippen molar-refractivity contribution in [2.45, 2.75) is 38.3 Å². The highest BCUT2D eigenvalue weighted by Gasteiger charge is 2.26. The smallest absolute Gasteiger partial charge is 0.269 e. The second-order valence-electron chi connectivity index (χ2n) is 10.6. The van der Waals surface area contributed by atoms with Crippen LogP contribution in [-0.4, -0.2) is 86.0 Å². The van der Waals surface area contributed by atoms with E-state index < -0.39 is 37.6 Å². The number of pyridine rings is 1. The van der Waals surface area contributed by atoms with Crippen LogP contribution in [0.3, 0.4) is 0 Å². The number of hydrogen-bond donors (Lipinski definition) is 1. The van der Waals surface area contributed by atoms with E-state index in [1.54, 1.807) is 18.2 Å². The topological polar surface area (TPSA) is 188 Å². The first-order valence-electron chi connectivity index (χ1n) is 13.7. The van der Waals surface area contributed by atoms with Crippen LogP contribution in [0, 0.1) is 0 Å². The molecule has 1 fully saturated rings. The quantitative estimate of drug-likeness (QED) is 0.228. The number of anilines is 1.